The van der Waals surface area contributed by atoms with E-state index in [-0.39, 0.29) is 17.8 Å². The Morgan fingerprint density at radius 3 is 2.43 bits per heavy atom. The average Bonchev–Trinajstić information content (AvgIpc) is 3.49. The van der Waals surface area contributed by atoms with Crippen molar-refractivity contribution < 1.29 is 31.9 Å². The Bertz CT molecular complexity index is 1680. The van der Waals surface area contributed by atoms with Crippen LogP contribution in [0, 0.1) is 5.92 Å². The molecule has 0 saturated carbocycles. The molecule has 2 aromatic heterocycles. The number of alkyl halides is 3. The average molecular weight is 639 g/mol. The van der Waals surface area contributed by atoms with Gasteiger partial charge in [0.05, 0.1) is 7.11 Å². The van der Waals surface area contributed by atoms with E-state index in [1.54, 1.807) is 29.2 Å². The molecule has 1 saturated heterocycles. The Labute approximate surface area is 264 Å². The molecule has 4 aromatic rings. The highest BCUT2D eigenvalue weighted by atomic mass is 19.4. The second kappa shape index (κ2) is 13.8. The van der Waals surface area contributed by atoms with Crippen LogP contribution in [0.1, 0.15) is 67.6 Å². The Morgan fingerprint density at radius 2 is 1.80 bits per heavy atom. The number of halogens is 3. The number of piperidine rings is 1. The molecular formula is C33H37F3N6O4. The third kappa shape index (κ3) is 7.24. The van der Waals surface area contributed by atoms with Crippen LogP contribution in [0.25, 0.3) is 22.6 Å². The molecule has 1 amide bonds. The van der Waals surface area contributed by atoms with Gasteiger partial charge in [-0.25, -0.2) is 19.7 Å². The standard InChI is InChI=1S/C33H37F3N6O4/c1-5-13-37-23-17-24(19(2)3)28-25(18-23)39-30(46-28)22-8-6-21(7-9-22)29(43)41-27(31(44)45-4)20-11-15-42(16-12-20)32-38-14-10-26(40-32)33(34,35)36/h6-10,14,17-20,27,37H,5,11-13,15-16H2,1-4H3,(H,41,43). The number of oxazole rings is 1. The Hall–Kier alpha value is -4.68. The number of aromatic nitrogens is 3. The van der Waals surface area contributed by atoms with Gasteiger partial charge in [-0.15, -0.1) is 0 Å². The molecule has 1 aliphatic rings. The van der Waals surface area contributed by atoms with E-state index in [0.717, 1.165) is 47.6 Å². The number of nitrogens with zero attached hydrogens (tertiary/aromatic N) is 4. The highest BCUT2D eigenvalue weighted by Crippen LogP contribution is 2.34. The van der Waals surface area contributed by atoms with Gasteiger partial charge in [-0.3, -0.25) is 4.79 Å². The first kappa shape index (κ1) is 32.7. The van der Waals surface area contributed by atoms with Gasteiger partial charge in [0.2, 0.25) is 11.8 Å². The second-order valence-electron chi connectivity index (χ2n) is 11.6. The molecular weight excluding hydrogens is 601 g/mol. The lowest BCUT2D eigenvalue weighted by Crippen LogP contribution is -2.50. The van der Waals surface area contributed by atoms with Crippen LogP contribution in [0.5, 0.6) is 0 Å². The molecule has 10 nitrogen and oxygen atoms in total. The lowest BCUT2D eigenvalue weighted by atomic mass is 9.89. The van der Waals surface area contributed by atoms with Gasteiger partial charge in [-0.05, 0) is 73.6 Å². The minimum absolute atomic E-state index is 0.0278. The normalized spacial score (nSPS) is 14.8. The molecule has 244 valence electrons. The van der Waals surface area contributed by atoms with E-state index in [9.17, 15) is 22.8 Å². The van der Waals surface area contributed by atoms with E-state index in [1.807, 2.05) is 6.07 Å². The largest absolute Gasteiger partial charge is 0.467 e. The maximum absolute atomic E-state index is 13.3. The number of amides is 1. The molecule has 2 N–H and O–H groups in total. The highest BCUT2D eigenvalue weighted by Gasteiger charge is 2.36. The summed E-state index contributed by atoms with van der Waals surface area (Å²) in [4.78, 5) is 40.0. The number of anilines is 2. The van der Waals surface area contributed by atoms with E-state index in [4.69, 9.17) is 14.1 Å². The molecule has 1 aliphatic heterocycles. The molecule has 1 fully saturated rings. The number of rotatable bonds is 10. The lowest BCUT2D eigenvalue weighted by molar-refractivity contribution is -0.144. The van der Waals surface area contributed by atoms with Gasteiger partial charge >= 0.3 is 12.1 Å². The first-order valence-electron chi connectivity index (χ1n) is 15.3. The van der Waals surface area contributed by atoms with Crippen LogP contribution < -0.4 is 15.5 Å². The molecule has 46 heavy (non-hydrogen) atoms. The van der Waals surface area contributed by atoms with E-state index in [2.05, 4.69) is 47.4 Å². The Balaban J connectivity index is 1.27. The first-order chi connectivity index (χ1) is 22.0. The van der Waals surface area contributed by atoms with E-state index in [0.29, 0.717) is 42.9 Å². The summed E-state index contributed by atoms with van der Waals surface area (Å²) in [5.74, 6) is -0.734. The zero-order valence-electron chi connectivity index (χ0n) is 26.1. The zero-order valence-corrected chi connectivity index (χ0v) is 26.1. The third-order valence-corrected chi connectivity index (χ3v) is 8.08. The Kier molecular flexibility index (Phi) is 9.78. The summed E-state index contributed by atoms with van der Waals surface area (Å²) in [6.45, 7) is 7.77. The highest BCUT2D eigenvalue weighted by molar-refractivity contribution is 5.97. The van der Waals surface area contributed by atoms with E-state index >= 15 is 0 Å². The number of fused-ring (bicyclic) bond motifs is 1. The monoisotopic (exact) mass is 638 g/mol. The van der Waals surface area contributed by atoms with E-state index in [1.165, 1.54) is 7.11 Å². The molecule has 0 spiro atoms. The predicted molar refractivity (Wildman–Crippen MR) is 168 cm³/mol. The van der Waals surface area contributed by atoms with Crippen molar-refractivity contribution in [1.29, 1.82) is 0 Å². The quantitative estimate of drug-likeness (QED) is 0.189. The predicted octanol–water partition coefficient (Wildman–Crippen LogP) is 6.44. The number of hydrogen-bond donors (Lipinski definition) is 2. The van der Waals surface area contributed by atoms with Crippen LogP contribution in [0.3, 0.4) is 0 Å². The smallest absolute Gasteiger partial charge is 0.433 e. The SMILES string of the molecule is CCCNc1cc(C(C)C)c2oc(-c3ccc(C(=O)NC(C(=O)OC)C4CCN(c5nccc(C(F)(F)F)n5)CC4)cc3)nc2c1. The van der Waals surface area contributed by atoms with Crippen molar-refractivity contribution in [3.8, 4) is 11.5 Å². The van der Waals surface area contributed by atoms with Crippen LogP contribution in [0.4, 0.5) is 24.8 Å². The van der Waals surface area contributed by atoms with Gasteiger partial charge in [0.25, 0.3) is 5.91 Å². The topological polar surface area (TPSA) is 122 Å². The first-order valence-corrected chi connectivity index (χ1v) is 15.3. The van der Waals surface area contributed by atoms with Crippen molar-refractivity contribution in [2.45, 2.75) is 58.2 Å². The number of nitrogens with one attached hydrogen (secondary N) is 2. The minimum Gasteiger partial charge on any atom is -0.467 e. The molecule has 2 aromatic carbocycles. The number of ether oxygens (including phenoxy) is 1. The zero-order chi connectivity index (χ0) is 33.0. The van der Waals surface area contributed by atoms with Crippen molar-refractivity contribution in [1.82, 2.24) is 20.3 Å². The van der Waals surface area contributed by atoms with Gasteiger partial charge in [0.1, 0.15) is 17.3 Å². The van der Waals surface area contributed by atoms with Gasteiger partial charge in [-0.1, -0.05) is 20.8 Å². The van der Waals surface area contributed by atoms with Gasteiger partial charge in [-0.2, -0.15) is 13.2 Å². The van der Waals surface area contributed by atoms with Crippen LogP contribution in [-0.2, 0) is 15.7 Å². The Morgan fingerprint density at radius 1 is 1.09 bits per heavy atom. The molecule has 3 heterocycles. The summed E-state index contributed by atoms with van der Waals surface area (Å²) < 4.78 is 50.5. The number of carbonyl (C=O) groups excluding carboxylic acids is 2. The molecule has 5 rings (SSSR count). The third-order valence-electron chi connectivity index (χ3n) is 8.08. The number of carbonyl (C=O) groups is 2. The summed E-state index contributed by atoms with van der Waals surface area (Å²) >= 11 is 0. The van der Waals surface area contributed by atoms with Crippen molar-refractivity contribution >= 4 is 34.6 Å². The molecule has 13 heteroatoms. The number of hydrogen-bond acceptors (Lipinski definition) is 9. The van der Waals surface area contributed by atoms with Gasteiger partial charge in [0.15, 0.2) is 5.58 Å². The maximum Gasteiger partial charge on any atom is 0.433 e. The van der Waals surface area contributed by atoms with Crippen LogP contribution >= 0.6 is 0 Å². The van der Waals surface area contributed by atoms with Gasteiger partial charge in [0, 0.05) is 48.2 Å². The lowest BCUT2D eigenvalue weighted by Gasteiger charge is -2.35. The van der Waals surface area contributed by atoms with Gasteiger partial charge < -0.3 is 24.7 Å². The summed E-state index contributed by atoms with van der Waals surface area (Å²) in [5, 5.41) is 6.22. The van der Waals surface area contributed by atoms with Crippen molar-refractivity contribution in [3.05, 3.63) is 65.5 Å². The van der Waals surface area contributed by atoms with Crippen LogP contribution in [0.2, 0.25) is 0 Å². The van der Waals surface area contributed by atoms with Crippen molar-refractivity contribution in [3.63, 3.8) is 0 Å². The fraction of sp³-hybridized carbons (Fsp3) is 0.424. The van der Waals surface area contributed by atoms with Crippen LogP contribution in [0.15, 0.2) is 53.1 Å². The minimum atomic E-state index is -4.58. The van der Waals surface area contributed by atoms with Crippen LogP contribution in [-0.4, -0.2) is 59.6 Å². The van der Waals surface area contributed by atoms with Crippen molar-refractivity contribution in [2.24, 2.45) is 5.92 Å². The molecule has 0 bridgehead atoms. The second-order valence-corrected chi connectivity index (χ2v) is 11.6. The maximum atomic E-state index is 13.3. The fourth-order valence-corrected chi connectivity index (χ4v) is 5.56. The fourth-order valence-electron chi connectivity index (χ4n) is 5.56. The molecule has 0 radical (unpaired) electrons. The van der Waals surface area contributed by atoms with E-state index < -0.39 is 29.8 Å². The summed E-state index contributed by atoms with van der Waals surface area (Å²) in [5.41, 5.74) is 3.51. The summed E-state index contributed by atoms with van der Waals surface area (Å²) in [6.07, 6.45) is -1.69. The molecule has 1 atom stereocenters. The molecule has 1 unspecified atom stereocenters. The molecule has 0 aliphatic carbocycles. The number of methoxy groups -OCH3 is 1. The van der Waals surface area contributed by atoms with Crippen molar-refractivity contribution in [2.75, 3.05) is 37.0 Å². The summed E-state index contributed by atoms with van der Waals surface area (Å²) in [7, 11) is 1.25. The number of esters is 1. The summed E-state index contributed by atoms with van der Waals surface area (Å²) in [6, 6.07) is 10.7. The number of benzene rings is 2.